The van der Waals surface area contributed by atoms with Gasteiger partial charge in [0.1, 0.15) is 18.1 Å². The van der Waals surface area contributed by atoms with Crippen LogP contribution in [0.2, 0.25) is 0 Å². The Balaban J connectivity index is 1.47. The van der Waals surface area contributed by atoms with Crippen LogP contribution in [-0.4, -0.2) is 71.4 Å². The fourth-order valence-electron chi connectivity index (χ4n) is 4.58. The van der Waals surface area contributed by atoms with Crippen LogP contribution in [0.3, 0.4) is 0 Å². The summed E-state index contributed by atoms with van der Waals surface area (Å²) in [4.78, 5) is 65.1. The molecule has 0 radical (unpaired) electrons. The Hall–Kier alpha value is -3.05. The van der Waals surface area contributed by atoms with E-state index in [1.807, 2.05) is 12.2 Å². The number of carbonyl (C=O) groups excluding carboxylic acids is 5. The van der Waals surface area contributed by atoms with Gasteiger partial charge in [0.05, 0.1) is 11.3 Å². The second-order valence-corrected chi connectivity index (χ2v) is 9.35. The van der Waals surface area contributed by atoms with Crippen molar-refractivity contribution in [2.75, 3.05) is 6.61 Å². The highest BCUT2D eigenvalue weighted by Gasteiger charge is 2.45. The molecule has 1 aromatic rings. The van der Waals surface area contributed by atoms with E-state index in [9.17, 15) is 24.0 Å². The van der Waals surface area contributed by atoms with Crippen molar-refractivity contribution in [1.29, 1.82) is 0 Å². The van der Waals surface area contributed by atoms with E-state index in [1.54, 1.807) is 24.4 Å². The molecule has 5 atom stereocenters. The van der Waals surface area contributed by atoms with Crippen molar-refractivity contribution in [1.82, 2.24) is 15.5 Å². The van der Waals surface area contributed by atoms with E-state index in [1.165, 1.54) is 4.90 Å². The highest BCUT2D eigenvalue weighted by molar-refractivity contribution is 7.13. The second kappa shape index (κ2) is 10.5. The lowest BCUT2D eigenvalue weighted by Crippen LogP contribution is -2.58. The Morgan fingerprint density at radius 3 is 2.71 bits per heavy atom. The van der Waals surface area contributed by atoms with Crippen LogP contribution in [0.15, 0.2) is 29.7 Å². The molecule has 0 saturated carbocycles. The molecule has 2 unspecified atom stereocenters. The standard InChI is InChI=1S/C23H27N3O7S/c1-2-32-23-15(12-18(27)33-23)25-20(29)16-10-9-13-6-3-4-7-14(22(31)26(13)16)24-21(30)19(28)17-8-5-11-34-17/h3-5,8,11,13-16,23H,2,6-7,9-10,12H2,1H3,(H,24,30)(H,25,29)/t13-,14+,15?,16+,23?/m1/s1. The van der Waals surface area contributed by atoms with Gasteiger partial charge in [-0.25, -0.2) is 0 Å². The Kier molecular flexibility index (Phi) is 7.42. The molecule has 182 valence electrons. The number of esters is 1. The molecule has 0 aliphatic carbocycles. The summed E-state index contributed by atoms with van der Waals surface area (Å²) in [6, 6.07) is 0.673. The van der Waals surface area contributed by atoms with Gasteiger partial charge >= 0.3 is 5.97 Å². The van der Waals surface area contributed by atoms with Crippen LogP contribution < -0.4 is 10.6 Å². The molecule has 34 heavy (non-hydrogen) atoms. The number of ether oxygens (including phenoxy) is 2. The summed E-state index contributed by atoms with van der Waals surface area (Å²) in [7, 11) is 0. The van der Waals surface area contributed by atoms with Crippen LogP contribution in [0.5, 0.6) is 0 Å². The van der Waals surface area contributed by atoms with Crippen molar-refractivity contribution in [2.45, 2.75) is 69.5 Å². The van der Waals surface area contributed by atoms with E-state index < -0.39 is 53.9 Å². The molecule has 4 heterocycles. The number of hydrogen-bond acceptors (Lipinski definition) is 8. The first kappa shape index (κ1) is 24.1. The predicted molar refractivity (Wildman–Crippen MR) is 121 cm³/mol. The SMILES string of the molecule is CCOC1OC(=O)CC1NC(=O)[C@@H]1CC[C@H]2CC=CC[C@H](NC(=O)C(=O)c3cccs3)C(=O)N21. The van der Waals surface area contributed by atoms with Gasteiger partial charge in [-0.3, -0.25) is 24.0 Å². The smallest absolute Gasteiger partial charge is 0.310 e. The number of Topliss-reactive ketones (excluding diaryl/α,β-unsaturated/α-hetero) is 1. The average Bonchev–Trinajstić information content (AvgIpc) is 3.54. The number of ketones is 1. The van der Waals surface area contributed by atoms with E-state index in [4.69, 9.17) is 9.47 Å². The fraction of sp³-hybridized carbons (Fsp3) is 0.522. The molecule has 3 amide bonds. The van der Waals surface area contributed by atoms with Crippen molar-refractivity contribution in [3.63, 3.8) is 0 Å². The third-order valence-corrected chi connectivity index (χ3v) is 7.05. The Bertz CT molecular complexity index is 993. The number of hydrogen-bond donors (Lipinski definition) is 2. The van der Waals surface area contributed by atoms with Crippen LogP contribution in [0.4, 0.5) is 0 Å². The maximum atomic E-state index is 13.5. The van der Waals surface area contributed by atoms with E-state index in [2.05, 4.69) is 10.6 Å². The number of carbonyl (C=O) groups is 5. The van der Waals surface area contributed by atoms with Gasteiger partial charge < -0.3 is 25.0 Å². The quantitative estimate of drug-likeness (QED) is 0.252. The molecule has 0 bridgehead atoms. The van der Waals surface area contributed by atoms with Crippen LogP contribution >= 0.6 is 11.3 Å². The van der Waals surface area contributed by atoms with Crippen LogP contribution in [0.1, 0.15) is 48.7 Å². The average molecular weight is 490 g/mol. The number of fused-ring (bicyclic) bond motifs is 1. The van der Waals surface area contributed by atoms with Gasteiger partial charge in [-0.1, -0.05) is 18.2 Å². The van der Waals surface area contributed by atoms with Crippen molar-refractivity contribution >= 4 is 40.8 Å². The molecule has 3 aliphatic heterocycles. The summed E-state index contributed by atoms with van der Waals surface area (Å²) in [5, 5.41) is 7.06. The zero-order valence-electron chi connectivity index (χ0n) is 18.7. The first-order chi connectivity index (χ1) is 16.4. The van der Waals surface area contributed by atoms with Gasteiger partial charge in [-0.15, -0.1) is 11.3 Å². The van der Waals surface area contributed by atoms with Gasteiger partial charge in [0.2, 0.25) is 18.1 Å². The van der Waals surface area contributed by atoms with Crippen molar-refractivity contribution < 1.29 is 33.4 Å². The highest BCUT2D eigenvalue weighted by atomic mass is 32.1. The van der Waals surface area contributed by atoms with Crippen molar-refractivity contribution in [2.24, 2.45) is 0 Å². The summed E-state index contributed by atoms with van der Waals surface area (Å²) >= 11 is 1.15. The first-order valence-corrected chi connectivity index (χ1v) is 12.2. The van der Waals surface area contributed by atoms with Gasteiger partial charge in [0.25, 0.3) is 11.7 Å². The minimum Gasteiger partial charge on any atom is -0.433 e. The maximum Gasteiger partial charge on any atom is 0.310 e. The van der Waals surface area contributed by atoms with E-state index in [0.717, 1.165) is 11.3 Å². The molecular weight excluding hydrogens is 462 g/mol. The molecule has 10 nitrogen and oxygen atoms in total. The van der Waals surface area contributed by atoms with E-state index >= 15 is 0 Å². The minimum absolute atomic E-state index is 0.00719. The lowest BCUT2D eigenvalue weighted by Gasteiger charge is -2.34. The zero-order chi connectivity index (χ0) is 24.2. The number of rotatable bonds is 7. The molecular formula is C23H27N3O7S. The van der Waals surface area contributed by atoms with Crippen molar-refractivity contribution in [3.05, 3.63) is 34.5 Å². The topological polar surface area (TPSA) is 131 Å². The maximum absolute atomic E-state index is 13.5. The number of cyclic esters (lactones) is 1. The zero-order valence-corrected chi connectivity index (χ0v) is 19.5. The van der Waals surface area contributed by atoms with E-state index in [0.29, 0.717) is 30.7 Å². The van der Waals surface area contributed by atoms with Gasteiger partial charge in [0.15, 0.2) is 0 Å². The van der Waals surface area contributed by atoms with Crippen LogP contribution in [0, 0.1) is 0 Å². The third-order valence-electron chi connectivity index (χ3n) is 6.18. The summed E-state index contributed by atoms with van der Waals surface area (Å²) in [6.45, 7) is 2.08. The molecule has 1 aromatic heterocycles. The van der Waals surface area contributed by atoms with Gasteiger partial charge in [-0.2, -0.15) is 0 Å². The lowest BCUT2D eigenvalue weighted by molar-refractivity contribution is -0.164. The highest BCUT2D eigenvalue weighted by Crippen LogP contribution is 2.30. The normalized spacial score (nSPS) is 28.6. The van der Waals surface area contributed by atoms with Crippen LogP contribution in [-0.2, 0) is 28.7 Å². The number of thiophene rings is 1. The van der Waals surface area contributed by atoms with Crippen molar-refractivity contribution in [3.8, 4) is 0 Å². The summed E-state index contributed by atoms with van der Waals surface area (Å²) in [5.74, 6) is -2.81. The minimum atomic E-state index is -0.962. The molecule has 2 saturated heterocycles. The Labute approximate surface area is 200 Å². The largest absolute Gasteiger partial charge is 0.433 e. The summed E-state index contributed by atoms with van der Waals surface area (Å²) in [6.07, 6.45) is 4.76. The van der Waals surface area contributed by atoms with E-state index in [-0.39, 0.29) is 18.9 Å². The second-order valence-electron chi connectivity index (χ2n) is 8.40. The molecule has 2 fully saturated rings. The summed E-state index contributed by atoms with van der Waals surface area (Å²) < 4.78 is 10.5. The fourth-order valence-corrected chi connectivity index (χ4v) is 5.24. The molecule has 4 rings (SSSR count). The predicted octanol–water partition coefficient (Wildman–Crippen LogP) is 0.919. The molecule has 0 spiro atoms. The van der Waals surface area contributed by atoms with Gasteiger partial charge in [0, 0.05) is 12.6 Å². The molecule has 11 heteroatoms. The van der Waals surface area contributed by atoms with Gasteiger partial charge in [-0.05, 0) is 44.1 Å². The Morgan fingerprint density at radius 1 is 1.18 bits per heavy atom. The first-order valence-electron chi connectivity index (χ1n) is 11.4. The molecule has 3 aliphatic rings. The molecule has 0 aromatic carbocycles. The number of nitrogens with one attached hydrogen (secondary N) is 2. The summed E-state index contributed by atoms with van der Waals surface area (Å²) in [5.41, 5.74) is 0. The third kappa shape index (κ3) is 5.05. The number of nitrogens with zero attached hydrogens (tertiary/aromatic N) is 1. The van der Waals surface area contributed by atoms with Crippen LogP contribution in [0.25, 0.3) is 0 Å². The molecule has 2 N–H and O–H groups in total. The Morgan fingerprint density at radius 2 is 1.97 bits per heavy atom. The number of amides is 3. The lowest BCUT2D eigenvalue weighted by atomic mass is 10.0. The monoisotopic (exact) mass is 489 g/mol.